The number of nitrogens with zero attached hydrogens (tertiary/aromatic N) is 3. The van der Waals surface area contributed by atoms with Crippen molar-refractivity contribution >= 4 is 28.9 Å². The molecule has 0 spiro atoms. The van der Waals surface area contributed by atoms with Crippen LogP contribution in [0.2, 0.25) is 5.02 Å². The average molecular weight is 298 g/mol. The Morgan fingerprint density at radius 1 is 1.05 bits per heavy atom. The zero-order chi connectivity index (χ0) is 14.2. The molecule has 3 nitrogen and oxygen atoms in total. The predicted molar refractivity (Wildman–Crippen MR) is 88.3 cm³/mol. The van der Waals surface area contributed by atoms with E-state index in [4.69, 9.17) is 16.6 Å². The molecule has 106 valence electrons. The topological polar surface area (TPSA) is 18.8 Å². The molecule has 4 heteroatoms. The molecule has 2 heterocycles. The minimum absolute atomic E-state index is 0.778. The smallest absolute Gasteiger partial charge is 0.206 e. The highest BCUT2D eigenvalue weighted by Crippen LogP contribution is 2.40. The molecule has 0 N–H and O–H groups in total. The first kappa shape index (κ1) is 12.7. The molecule has 2 aliphatic heterocycles. The molecule has 0 aliphatic carbocycles. The summed E-state index contributed by atoms with van der Waals surface area (Å²) in [5.41, 5.74) is 3.66. The van der Waals surface area contributed by atoms with Crippen molar-refractivity contribution in [2.24, 2.45) is 4.99 Å². The highest BCUT2D eigenvalue weighted by molar-refractivity contribution is 6.31. The van der Waals surface area contributed by atoms with Crippen LogP contribution < -0.4 is 9.80 Å². The second-order valence-corrected chi connectivity index (χ2v) is 5.83. The zero-order valence-electron chi connectivity index (χ0n) is 11.7. The van der Waals surface area contributed by atoms with Gasteiger partial charge < -0.3 is 9.80 Å². The second kappa shape index (κ2) is 5.08. The second-order valence-electron chi connectivity index (χ2n) is 5.39. The van der Waals surface area contributed by atoms with Gasteiger partial charge in [-0.15, -0.1) is 0 Å². The van der Waals surface area contributed by atoms with Gasteiger partial charge in [0.25, 0.3) is 0 Å². The first-order chi connectivity index (χ1) is 10.3. The van der Waals surface area contributed by atoms with Gasteiger partial charge in [-0.1, -0.05) is 41.9 Å². The third-order valence-electron chi connectivity index (χ3n) is 3.98. The van der Waals surface area contributed by atoms with Crippen molar-refractivity contribution in [2.75, 3.05) is 22.9 Å². The Hall–Kier alpha value is -2.00. The van der Waals surface area contributed by atoms with Crippen LogP contribution in [0.15, 0.2) is 53.5 Å². The van der Waals surface area contributed by atoms with E-state index in [0.29, 0.717) is 0 Å². The van der Waals surface area contributed by atoms with Crippen LogP contribution in [0.1, 0.15) is 12.0 Å². The Balaban J connectivity index is 1.77. The zero-order valence-corrected chi connectivity index (χ0v) is 12.4. The standard InChI is InChI=1S/C17H16ClN3/c18-14-7-8-15-16(11-14)20-10-4-9-19-17(20)21(15)12-13-5-2-1-3-6-13/h1-3,5-8,11H,4,9-10,12H2. The van der Waals surface area contributed by atoms with Crippen LogP contribution in [-0.4, -0.2) is 19.0 Å². The van der Waals surface area contributed by atoms with Gasteiger partial charge >= 0.3 is 0 Å². The van der Waals surface area contributed by atoms with Gasteiger partial charge in [0.2, 0.25) is 5.96 Å². The first-order valence-electron chi connectivity index (χ1n) is 7.26. The molecule has 2 aromatic carbocycles. The van der Waals surface area contributed by atoms with E-state index in [1.165, 1.54) is 16.9 Å². The summed E-state index contributed by atoms with van der Waals surface area (Å²) in [7, 11) is 0. The largest absolute Gasteiger partial charge is 0.310 e. The summed E-state index contributed by atoms with van der Waals surface area (Å²) < 4.78 is 0. The molecule has 0 fully saturated rings. The fourth-order valence-corrected chi connectivity index (χ4v) is 3.19. The molecule has 0 bridgehead atoms. The van der Waals surface area contributed by atoms with Crippen LogP contribution >= 0.6 is 11.6 Å². The molecule has 2 aromatic rings. The minimum Gasteiger partial charge on any atom is -0.310 e. The number of benzene rings is 2. The summed E-state index contributed by atoms with van der Waals surface area (Å²) in [6.07, 6.45) is 1.09. The van der Waals surface area contributed by atoms with Crippen molar-refractivity contribution in [2.45, 2.75) is 13.0 Å². The highest BCUT2D eigenvalue weighted by atomic mass is 35.5. The van der Waals surface area contributed by atoms with Gasteiger partial charge in [0.15, 0.2) is 0 Å². The maximum Gasteiger partial charge on any atom is 0.206 e. The van der Waals surface area contributed by atoms with Crippen LogP contribution in [0, 0.1) is 0 Å². The molecule has 4 rings (SSSR count). The Morgan fingerprint density at radius 3 is 2.76 bits per heavy atom. The Bertz CT molecular complexity index is 696. The van der Waals surface area contributed by atoms with Gasteiger partial charge in [0, 0.05) is 18.1 Å². The number of hydrogen-bond donors (Lipinski definition) is 0. The summed E-state index contributed by atoms with van der Waals surface area (Å²) in [6.45, 7) is 2.75. The molecule has 0 radical (unpaired) electrons. The monoisotopic (exact) mass is 297 g/mol. The maximum atomic E-state index is 6.18. The Kier molecular flexibility index (Phi) is 3.08. The number of rotatable bonds is 2. The van der Waals surface area contributed by atoms with E-state index in [9.17, 15) is 0 Å². The quantitative estimate of drug-likeness (QED) is 0.836. The lowest BCUT2D eigenvalue weighted by molar-refractivity contribution is 0.784. The Morgan fingerprint density at radius 2 is 1.90 bits per heavy atom. The summed E-state index contributed by atoms with van der Waals surface area (Å²) in [6, 6.07) is 16.6. The van der Waals surface area contributed by atoms with Gasteiger partial charge in [0.1, 0.15) is 0 Å². The molecule has 0 saturated carbocycles. The Labute approximate surface area is 129 Å². The van der Waals surface area contributed by atoms with E-state index in [1.807, 2.05) is 18.2 Å². The minimum atomic E-state index is 0.778. The maximum absolute atomic E-state index is 6.18. The third-order valence-corrected chi connectivity index (χ3v) is 4.21. The normalized spacial score (nSPS) is 16.5. The number of anilines is 2. The summed E-state index contributed by atoms with van der Waals surface area (Å²) >= 11 is 6.18. The summed E-state index contributed by atoms with van der Waals surface area (Å²) in [5, 5.41) is 0.778. The van der Waals surface area contributed by atoms with Gasteiger partial charge in [-0.2, -0.15) is 0 Å². The lowest BCUT2D eigenvalue weighted by Crippen LogP contribution is -2.41. The van der Waals surface area contributed by atoms with Crippen LogP contribution in [-0.2, 0) is 6.54 Å². The number of fused-ring (bicyclic) bond motifs is 3. The number of guanidine groups is 1. The lowest BCUT2D eigenvalue weighted by atomic mass is 10.2. The van der Waals surface area contributed by atoms with Crippen LogP contribution in [0.3, 0.4) is 0 Å². The fraction of sp³-hybridized carbons (Fsp3) is 0.235. The van der Waals surface area contributed by atoms with Crippen molar-refractivity contribution in [3.63, 3.8) is 0 Å². The predicted octanol–water partition coefficient (Wildman–Crippen LogP) is 3.93. The third kappa shape index (κ3) is 2.18. The van der Waals surface area contributed by atoms with Crippen LogP contribution in [0.5, 0.6) is 0 Å². The van der Waals surface area contributed by atoms with E-state index in [2.05, 4.69) is 40.1 Å². The molecule has 0 unspecified atom stereocenters. The number of aliphatic imine (C=N–C) groups is 1. The molecular formula is C17H16ClN3. The van der Waals surface area contributed by atoms with Gasteiger partial charge in [-0.05, 0) is 30.2 Å². The van der Waals surface area contributed by atoms with Gasteiger partial charge in [0.05, 0.1) is 17.9 Å². The molecule has 0 amide bonds. The van der Waals surface area contributed by atoms with Gasteiger partial charge in [-0.3, -0.25) is 4.99 Å². The van der Waals surface area contributed by atoms with Crippen molar-refractivity contribution < 1.29 is 0 Å². The lowest BCUT2D eigenvalue weighted by Gasteiger charge is -2.26. The van der Waals surface area contributed by atoms with E-state index in [0.717, 1.165) is 37.0 Å². The molecule has 0 aromatic heterocycles. The van der Waals surface area contributed by atoms with Crippen molar-refractivity contribution in [3.05, 3.63) is 59.1 Å². The molecule has 21 heavy (non-hydrogen) atoms. The summed E-state index contributed by atoms with van der Waals surface area (Å²) in [4.78, 5) is 9.32. The average Bonchev–Trinajstić information content (AvgIpc) is 2.82. The molecular weight excluding hydrogens is 282 g/mol. The van der Waals surface area contributed by atoms with Crippen LogP contribution in [0.4, 0.5) is 11.4 Å². The molecule has 0 saturated heterocycles. The summed E-state index contributed by atoms with van der Waals surface area (Å²) in [5.74, 6) is 1.06. The van der Waals surface area contributed by atoms with E-state index in [-0.39, 0.29) is 0 Å². The van der Waals surface area contributed by atoms with E-state index >= 15 is 0 Å². The molecule has 0 atom stereocenters. The first-order valence-corrected chi connectivity index (χ1v) is 7.64. The highest BCUT2D eigenvalue weighted by Gasteiger charge is 2.34. The number of halogens is 1. The van der Waals surface area contributed by atoms with E-state index < -0.39 is 0 Å². The van der Waals surface area contributed by atoms with Gasteiger partial charge in [-0.25, -0.2) is 0 Å². The SMILES string of the molecule is Clc1ccc2c(c1)N1CCCN=C1N2Cc1ccccc1. The van der Waals surface area contributed by atoms with Crippen molar-refractivity contribution in [1.82, 2.24) is 0 Å². The fourth-order valence-electron chi connectivity index (χ4n) is 3.02. The number of hydrogen-bond acceptors (Lipinski definition) is 3. The van der Waals surface area contributed by atoms with Crippen LogP contribution in [0.25, 0.3) is 0 Å². The molecule has 2 aliphatic rings. The van der Waals surface area contributed by atoms with Crippen molar-refractivity contribution in [3.8, 4) is 0 Å². The van der Waals surface area contributed by atoms with Crippen molar-refractivity contribution in [1.29, 1.82) is 0 Å². The van der Waals surface area contributed by atoms with E-state index in [1.54, 1.807) is 0 Å².